The van der Waals surface area contributed by atoms with Crippen LogP contribution in [0.5, 0.6) is 5.75 Å². The van der Waals surface area contributed by atoms with Gasteiger partial charge in [0.05, 0.1) is 36.8 Å². The van der Waals surface area contributed by atoms with Crippen LogP contribution in [0, 0.1) is 0 Å². The van der Waals surface area contributed by atoms with E-state index in [0.717, 1.165) is 67.4 Å². The lowest BCUT2D eigenvalue weighted by Crippen LogP contribution is -2.36. The fraction of sp³-hybridized carbons (Fsp3) is 0.586. The van der Waals surface area contributed by atoms with Gasteiger partial charge in [-0.3, -0.25) is 0 Å². The zero-order chi connectivity index (χ0) is 27.0. The Labute approximate surface area is 231 Å². The molecule has 38 heavy (non-hydrogen) atoms. The predicted octanol–water partition coefficient (Wildman–Crippen LogP) is 4.92. The van der Waals surface area contributed by atoms with Crippen LogP contribution in [0.25, 0.3) is 0 Å². The third-order valence-corrected chi connectivity index (χ3v) is 9.80. The van der Waals surface area contributed by atoms with Crippen LogP contribution in [-0.4, -0.2) is 55.8 Å². The van der Waals surface area contributed by atoms with Crippen molar-refractivity contribution in [1.82, 2.24) is 4.72 Å². The molecule has 9 heteroatoms. The van der Waals surface area contributed by atoms with E-state index in [9.17, 15) is 18.6 Å². The largest absolute Gasteiger partial charge is 0.494 e. The molecule has 2 aromatic carbocycles. The third-order valence-electron chi connectivity index (χ3n) is 7.48. The summed E-state index contributed by atoms with van der Waals surface area (Å²) >= 11 is 6.49. The van der Waals surface area contributed by atoms with Gasteiger partial charge in [-0.2, -0.15) is 0 Å². The monoisotopic (exact) mass is 565 g/mol. The van der Waals surface area contributed by atoms with E-state index in [-0.39, 0.29) is 24.1 Å². The molecule has 4 rings (SSSR count). The molecule has 2 aromatic rings. The number of ether oxygens (including phenoxy) is 2. The lowest BCUT2D eigenvalue weighted by atomic mass is 9.94. The van der Waals surface area contributed by atoms with Gasteiger partial charge in [0, 0.05) is 24.4 Å². The summed E-state index contributed by atoms with van der Waals surface area (Å²) in [7, 11) is -3.20. The molecule has 3 atom stereocenters. The van der Waals surface area contributed by atoms with Crippen molar-refractivity contribution in [3.8, 4) is 5.75 Å². The Morgan fingerprint density at radius 3 is 2.53 bits per heavy atom. The van der Waals surface area contributed by atoms with Crippen molar-refractivity contribution in [2.24, 2.45) is 0 Å². The third kappa shape index (κ3) is 8.41. The van der Waals surface area contributed by atoms with Gasteiger partial charge in [0.2, 0.25) is 10.0 Å². The molecule has 3 N–H and O–H groups in total. The van der Waals surface area contributed by atoms with Gasteiger partial charge in [0.15, 0.2) is 0 Å². The standard InChI is InChI=1S/C29H40ClNO6S/c30-28-13-10-22(29-19-24(33)18-26(20-32)37-29)17-23(28)16-21-8-11-25(12-9-21)36-15-5-4-14-31-38(34,35)27-6-2-1-3-7-27/h8-13,17,24,26-27,29,31-33H,1-7,14-16,18-20H2. The summed E-state index contributed by atoms with van der Waals surface area (Å²) in [5, 5.41) is 20.1. The van der Waals surface area contributed by atoms with E-state index in [4.69, 9.17) is 21.1 Å². The highest BCUT2D eigenvalue weighted by atomic mass is 35.5. The minimum absolute atomic E-state index is 0.109. The molecule has 0 radical (unpaired) electrons. The summed E-state index contributed by atoms with van der Waals surface area (Å²) in [6, 6.07) is 13.7. The van der Waals surface area contributed by atoms with Gasteiger partial charge in [0.25, 0.3) is 0 Å². The zero-order valence-corrected chi connectivity index (χ0v) is 23.4. The number of nitrogens with one attached hydrogen (secondary N) is 1. The fourth-order valence-corrected chi connectivity index (χ4v) is 7.10. The molecular formula is C29H40ClNO6S. The summed E-state index contributed by atoms with van der Waals surface area (Å²) in [5.74, 6) is 0.774. The first kappa shape index (κ1) is 29.3. The van der Waals surface area contributed by atoms with Crippen molar-refractivity contribution < 1.29 is 28.1 Å². The van der Waals surface area contributed by atoms with E-state index in [2.05, 4.69) is 4.72 Å². The van der Waals surface area contributed by atoms with E-state index in [1.54, 1.807) is 0 Å². The van der Waals surface area contributed by atoms with Crippen molar-refractivity contribution in [2.45, 2.75) is 87.8 Å². The number of benzene rings is 2. The lowest BCUT2D eigenvalue weighted by Gasteiger charge is -2.32. The van der Waals surface area contributed by atoms with Crippen molar-refractivity contribution in [3.05, 3.63) is 64.2 Å². The van der Waals surface area contributed by atoms with E-state index in [1.807, 2.05) is 42.5 Å². The summed E-state index contributed by atoms with van der Waals surface area (Å²) in [5.41, 5.74) is 3.01. The smallest absolute Gasteiger partial charge is 0.214 e. The average Bonchev–Trinajstić information content (AvgIpc) is 2.92. The number of aliphatic hydroxyl groups excluding tert-OH is 2. The Balaban J connectivity index is 1.22. The van der Waals surface area contributed by atoms with Crippen molar-refractivity contribution >= 4 is 21.6 Å². The maximum absolute atomic E-state index is 12.4. The Hall–Kier alpha value is -1.68. The molecule has 0 aromatic heterocycles. The second-order valence-electron chi connectivity index (χ2n) is 10.5. The first-order chi connectivity index (χ1) is 18.3. The van der Waals surface area contributed by atoms with Crippen molar-refractivity contribution in [1.29, 1.82) is 0 Å². The quantitative estimate of drug-likeness (QED) is 0.316. The number of hydrogen-bond donors (Lipinski definition) is 3. The molecule has 7 nitrogen and oxygen atoms in total. The highest BCUT2D eigenvalue weighted by Gasteiger charge is 2.29. The molecule has 3 unspecified atom stereocenters. The average molecular weight is 566 g/mol. The van der Waals surface area contributed by atoms with Gasteiger partial charge in [-0.1, -0.05) is 55.1 Å². The highest BCUT2D eigenvalue weighted by molar-refractivity contribution is 7.90. The SMILES string of the molecule is O=S(=O)(NCCCCOc1ccc(Cc2cc(C3CC(O)CC(CO)O3)ccc2Cl)cc1)C1CCCCC1. The predicted molar refractivity (Wildman–Crippen MR) is 149 cm³/mol. The van der Waals surface area contributed by atoms with Gasteiger partial charge < -0.3 is 19.7 Å². The molecule has 1 saturated heterocycles. The maximum Gasteiger partial charge on any atom is 0.214 e. The molecule has 1 saturated carbocycles. The number of aliphatic hydroxyl groups is 2. The molecule has 2 aliphatic rings. The summed E-state index contributed by atoms with van der Waals surface area (Å²) in [6.07, 6.45) is 6.66. The summed E-state index contributed by atoms with van der Waals surface area (Å²) in [6.45, 7) is 0.870. The van der Waals surface area contributed by atoms with Crippen LogP contribution >= 0.6 is 11.6 Å². The molecule has 1 heterocycles. The second-order valence-corrected chi connectivity index (χ2v) is 12.9. The van der Waals surface area contributed by atoms with Gasteiger partial charge in [-0.25, -0.2) is 13.1 Å². The number of unbranched alkanes of at least 4 members (excludes halogenated alkanes) is 1. The molecular weight excluding hydrogens is 526 g/mol. The first-order valence-corrected chi connectivity index (χ1v) is 15.7. The zero-order valence-electron chi connectivity index (χ0n) is 21.9. The van der Waals surface area contributed by atoms with E-state index in [1.165, 1.54) is 0 Å². The van der Waals surface area contributed by atoms with Crippen LogP contribution in [0.3, 0.4) is 0 Å². The van der Waals surface area contributed by atoms with E-state index in [0.29, 0.717) is 37.4 Å². The Morgan fingerprint density at radius 1 is 1.03 bits per heavy atom. The van der Waals surface area contributed by atoms with Crippen molar-refractivity contribution in [2.75, 3.05) is 19.8 Å². The fourth-order valence-electron chi connectivity index (χ4n) is 5.30. The molecule has 0 spiro atoms. The number of rotatable bonds is 12. The van der Waals surface area contributed by atoms with Crippen LogP contribution in [0.4, 0.5) is 0 Å². The molecule has 210 valence electrons. The minimum Gasteiger partial charge on any atom is -0.494 e. The van der Waals surface area contributed by atoms with E-state index >= 15 is 0 Å². The van der Waals surface area contributed by atoms with E-state index < -0.39 is 16.1 Å². The van der Waals surface area contributed by atoms with Gasteiger partial charge in [-0.05, 0) is 67.0 Å². The molecule has 0 amide bonds. The van der Waals surface area contributed by atoms with Gasteiger partial charge >= 0.3 is 0 Å². The molecule has 1 aliphatic carbocycles. The summed E-state index contributed by atoms with van der Waals surface area (Å²) in [4.78, 5) is 0. The van der Waals surface area contributed by atoms with Crippen LogP contribution < -0.4 is 9.46 Å². The lowest BCUT2D eigenvalue weighted by molar-refractivity contribution is -0.113. The Bertz CT molecular complexity index is 1120. The van der Waals surface area contributed by atoms with Crippen LogP contribution in [0.1, 0.15) is 80.6 Å². The van der Waals surface area contributed by atoms with Gasteiger partial charge in [0.1, 0.15) is 5.75 Å². The topological polar surface area (TPSA) is 105 Å². The first-order valence-electron chi connectivity index (χ1n) is 13.8. The molecule has 1 aliphatic heterocycles. The van der Waals surface area contributed by atoms with Crippen LogP contribution in [0.2, 0.25) is 5.02 Å². The maximum atomic E-state index is 12.4. The number of halogens is 1. The minimum atomic E-state index is -3.20. The van der Waals surface area contributed by atoms with Crippen LogP contribution in [-0.2, 0) is 21.2 Å². The highest BCUT2D eigenvalue weighted by Crippen LogP contribution is 2.34. The second kappa shape index (κ2) is 14.1. The Kier molecular flexibility index (Phi) is 10.9. The molecule has 2 fully saturated rings. The van der Waals surface area contributed by atoms with Gasteiger partial charge in [-0.15, -0.1) is 0 Å². The van der Waals surface area contributed by atoms with Crippen molar-refractivity contribution in [3.63, 3.8) is 0 Å². The number of sulfonamides is 1. The summed E-state index contributed by atoms with van der Waals surface area (Å²) < 4.78 is 39.3. The van der Waals surface area contributed by atoms with Crippen LogP contribution in [0.15, 0.2) is 42.5 Å². The Morgan fingerprint density at radius 2 is 1.79 bits per heavy atom. The number of hydrogen-bond acceptors (Lipinski definition) is 6. The molecule has 0 bridgehead atoms. The normalized spacial score (nSPS) is 22.9.